The molecule has 2 aromatic heterocycles. The number of rotatable bonds is 8. The Kier molecular flexibility index (Phi) is 7.49. The maximum atomic E-state index is 12.7. The Morgan fingerprint density at radius 1 is 1.15 bits per heavy atom. The molecule has 1 aromatic carbocycles. The lowest BCUT2D eigenvalue weighted by molar-refractivity contribution is 0.102. The lowest BCUT2D eigenvalue weighted by Crippen LogP contribution is -2.44. The van der Waals surface area contributed by atoms with Crippen LogP contribution in [-0.2, 0) is 6.42 Å². The smallest absolute Gasteiger partial charge is 0.271 e. The lowest BCUT2D eigenvalue weighted by Gasteiger charge is -2.26. The highest BCUT2D eigenvalue weighted by molar-refractivity contribution is 6.04. The van der Waals surface area contributed by atoms with E-state index in [1.165, 1.54) is 0 Å². The number of hydrogen-bond donors (Lipinski definition) is 3. The van der Waals surface area contributed by atoms with Crippen molar-refractivity contribution in [2.24, 2.45) is 0 Å². The van der Waals surface area contributed by atoms with Gasteiger partial charge in [-0.25, -0.2) is 0 Å². The monoisotopic (exact) mass is 447 g/mol. The predicted molar refractivity (Wildman–Crippen MR) is 129 cm³/mol. The van der Waals surface area contributed by atoms with Gasteiger partial charge in [0.25, 0.3) is 11.5 Å². The number of amides is 1. The summed E-state index contributed by atoms with van der Waals surface area (Å²) in [5, 5.41) is 6.04. The van der Waals surface area contributed by atoms with E-state index in [0.717, 1.165) is 56.1 Å². The fraction of sp³-hybridized carbons (Fsp3) is 0.320. The standard InChI is InChI=1S/C25H29N5O3/c1-2-20-4-3-5-22(28-20)19-16-23(25(32)27-17-19)29-24(31)18-6-8-21(9-7-18)33-15-14-30-12-10-26-11-13-30/h3-9,16-17,26H,2,10-15H2,1H3,(H,27,32)(H,29,31). The van der Waals surface area contributed by atoms with Crippen LogP contribution in [0.4, 0.5) is 5.69 Å². The molecular formula is C25H29N5O3. The van der Waals surface area contributed by atoms with E-state index < -0.39 is 0 Å². The fourth-order valence-corrected chi connectivity index (χ4v) is 3.69. The SMILES string of the molecule is CCc1cccc(-c2c[nH]c(=O)c(NC(=O)c3ccc(OCCN4CCNCC4)cc3)c2)n1. The minimum Gasteiger partial charge on any atom is -0.492 e. The van der Waals surface area contributed by atoms with Crippen molar-refractivity contribution in [2.45, 2.75) is 13.3 Å². The highest BCUT2D eigenvalue weighted by Gasteiger charge is 2.12. The zero-order chi connectivity index (χ0) is 23.0. The average Bonchev–Trinajstić information content (AvgIpc) is 2.86. The molecule has 4 rings (SSSR count). The van der Waals surface area contributed by atoms with Gasteiger partial charge in [0, 0.05) is 55.7 Å². The molecule has 0 radical (unpaired) electrons. The zero-order valence-corrected chi connectivity index (χ0v) is 18.8. The first-order valence-electron chi connectivity index (χ1n) is 11.3. The van der Waals surface area contributed by atoms with Crippen LogP contribution in [0.5, 0.6) is 5.75 Å². The molecule has 33 heavy (non-hydrogen) atoms. The molecular weight excluding hydrogens is 418 g/mol. The van der Waals surface area contributed by atoms with Gasteiger partial charge < -0.3 is 20.4 Å². The normalized spacial score (nSPS) is 14.1. The topological polar surface area (TPSA) is 99.3 Å². The number of nitrogens with zero attached hydrogens (tertiary/aromatic N) is 2. The number of aryl methyl sites for hydroxylation is 1. The molecule has 1 aliphatic rings. The number of piperazine rings is 1. The van der Waals surface area contributed by atoms with Crippen LogP contribution in [0.1, 0.15) is 23.0 Å². The number of hydrogen-bond acceptors (Lipinski definition) is 6. The van der Waals surface area contributed by atoms with Crippen LogP contribution in [0.3, 0.4) is 0 Å². The van der Waals surface area contributed by atoms with Crippen molar-refractivity contribution < 1.29 is 9.53 Å². The molecule has 1 aliphatic heterocycles. The van der Waals surface area contributed by atoms with Gasteiger partial charge in [-0.05, 0) is 48.9 Å². The number of anilines is 1. The van der Waals surface area contributed by atoms with Crippen LogP contribution in [0, 0.1) is 0 Å². The summed E-state index contributed by atoms with van der Waals surface area (Å²) in [4.78, 5) is 34.6. The van der Waals surface area contributed by atoms with Crippen LogP contribution < -0.4 is 20.9 Å². The van der Waals surface area contributed by atoms with Crippen molar-refractivity contribution in [1.82, 2.24) is 20.2 Å². The molecule has 8 heteroatoms. The van der Waals surface area contributed by atoms with Gasteiger partial charge in [-0.15, -0.1) is 0 Å². The molecule has 172 valence electrons. The van der Waals surface area contributed by atoms with Gasteiger partial charge in [0.1, 0.15) is 18.0 Å². The van der Waals surface area contributed by atoms with E-state index in [9.17, 15) is 9.59 Å². The summed E-state index contributed by atoms with van der Waals surface area (Å²) in [6.45, 7) is 7.59. The Labute approximate surface area is 193 Å². The van der Waals surface area contributed by atoms with Gasteiger partial charge in [0.15, 0.2) is 0 Å². The number of carbonyl (C=O) groups is 1. The molecule has 1 saturated heterocycles. The van der Waals surface area contributed by atoms with Gasteiger partial charge >= 0.3 is 0 Å². The third-order valence-electron chi connectivity index (χ3n) is 5.62. The second-order valence-electron chi connectivity index (χ2n) is 7.92. The van der Waals surface area contributed by atoms with Crippen molar-refractivity contribution >= 4 is 11.6 Å². The zero-order valence-electron chi connectivity index (χ0n) is 18.8. The van der Waals surface area contributed by atoms with Gasteiger partial charge in [0.2, 0.25) is 0 Å². The quantitative estimate of drug-likeness (QED) is 0.491. The Bertz CT molecular complexity index is 1140. The van der Waals surface area contributed by atoms with Crippen molar-refractivity contribution in [3.63, 3.8) is 0 Å². The number of carbonyl (C=O) groups excluding carboxylic acids is 1. The van der Waals surface area contributed by atoms with Gasteiger partial charge in [-0.1, -0.05) is 13.0 Å². The van der Waals surface area contributed by atoms with E-state index in [0.29, 0.717) is 17.9 Å². The molecule has 3 aromatic rings. The summed E-state index contributed by atoms with van der Waals surface area (Å²) < 4.78 is 5.81. The highest BCUT2D eigenvalue weighted by Crippen LogP contribution is 2.19. The van der Waals surface area contributed by atoms with E-state index in [1.807, 2.05) is 25.1 Å². The number of benzene rings is 1. The van der Waals surface area contributed by atoms with Gasteiger partial charge in [-0.3, -0.25) is 19.5 Å². The molecule has 8 nitrogen and oxygen atoms in total. The van der Waals surface area contributed by atoms with E-state index >= 15 is 0 Å². The number of H-pyrrole nitrogens is 1. The third kappa shape index (κ3) is 6.06. The Hall–Kier alpha value is -3.49. The number of aromatic nitrogens is 2. The first kappa shape index (κ1) is 22.7. The summed E-state index contributed by atoms with van der Waals surface area (Å²) in [6.07, 6.45) is 2.42. The molecule has 0 spiro atoms. The summed E-state index contributed by atoms with van der Waals surface area (Å²) in [5.41, 5.74) is 2.68. The first-order chi connectivity index (χ1) is 16.1. The molecule has 0 atom stereocenters. The summed E-state index contributed by atoms with van der Waals surface area (Å²) in [6, 6.07) is 14.3. The Balaban J connectivity index is 1.38. The minimum absolute atomic E-state index is 0.178. The van der Waals surface area contributed by atoms with Gasteiger partial charge in [-0.2, -0.15) is 0 Å². The first-order valence-corrected chi connectivity index (χ1v) is 11.3. The van der Waals surface area contributed by atoms with E-state index in [2.05, 4.69) is 25.5 Å². The number of aromatic amines is 1. The van der Waals surface area contributed by atoms with Crippen molar-refractivity contribution in [2.75, 3.05) is 44.6 Å². The molecule has 0 unspecified atom stereocenters. The molecule has 3 N–H and O–H groups in total. The van der Waals surface area contributed by atoms with Crippen LogP contribution in [0.2, 0.25) is 0 Å². The van der Waals surface area contributed by atoms with E-state index in [4.69, 9.17) is 4.74 Å². The van der Waals surface area contributed by atoms with Crippen molar-refractivity contribution in [3.05, 3.63) is 76.3 Å². The average molecular weight is 448 g/mol. The minimum atomic E-state index is -0.369. The molecule has 1 amide bonds. The lowest BCUT2D eigenvalue weighted by atomic mass is 10.1. The maximum absolute atomic E-state index is 12.7. The highest BCUT2D eigenvalue weighted by atomic mass is 16.5. The summed E-state index contributed by atoms with van der Waals surface area (Å²) in [5.74, 6) is 0.351. The summed E-state index contributed by atoms with van der Waals surface area (Å²) in [7, 11) is 0. The van der Waals surface area contributed by atoms with Crippen molar-refractivity contribution in [1.29, 1.82) is 0 Å². The molecule has 0 saturated carbocycles. The number of ether oxygens (including phenoxy) is 1. The Morgan fingerprint density at radius 3 is 2.70 bits per heavy atom. The molecule has 0 aliphatic carbocycles. The molecule has 3 heterocycles. The van der Waals surface area contributed by atoms with E-state index in [-0.39, 0.29) is 17.2 Å². The number of nitrogens with one attached hydrogen (secondary N) is 3. The van der Waals surface area contributed by atoms with Crippen LogP contribution in [0.15, 0.2) is 59.5 Å². The summed E-state index contributed by atoms with van der Waals surface area (Å²) >= 11 is 0. The van der Waals surface area contributed by atoms with Crippen LogP contribution in [0.25, 0.3) is 11.3 Å². The third-order valence-corrected chi connectivity index (χ3v) is 5.62. The maximum Gasteiger partial charge on any atom is 0.271 e. The van der Waals surface area contributed by atoms with E-state index in [1.54, 1.807) is 36.5 Å². The van der Waals surface area contributed by atoms with Crippen LogP contribution >= 0.6 is 0 Å². The second-order valence-corrected chi connectivity index (χ2v) is 7.92. The van der Waals surface area contributed by atoms with Gasteiger partial charge in [0.05, 0.1) is 5.69 Å². The predicted octanol–water partition coefficient (Wildman–Crippen LogP) is 2.54. The molecule has 1 fully saturated rings. The largest absolute Gasteiger partial charge is 0.492 e. The van der Waals surface area contributed by atoms with Crippen LogP contribution in [-0.4, -0.2) is 60.1 Å². The van der Waals surface area contributed by atoms with Crippen molar-refractivity contribution in [3.8, 4) is 17.0 Å². The Morgan fingerprint density at radius 2 is 1.94 bits per heavy atom. The molecule has 0 bridgehead atoms. The second kappa shape index (κ2) is 10.9. The number of pyridine rings is 2. The fourth-order valence-electron chi connectivity index (χ4n) is 3.69.